The smallest absolute Gasteiger partial charge is 0.332 e. The van der Waals surface area contributed by atoms with Crippen LogP contribution in [0.25, 0.3) is 0 Å². The highest BCUT2D eigenvalue weighted by Gasteiger charge is 2.71. The minimum atomic E-state index is -3.10. The quantitative estimate of drug-likeness (QED) is 0.0734. The molecule has 14 atom stereocenters. The minimum Gasteiger partial charge on any atom is -0.481 e. The van der Waals surface area contributed by atoms with Gasteiger partial charge in [0.1, 0.15) is 18.8 Å². The number of carbonyl (C=O) groups is 3. The molecule has 7 fully saturated rings. The molecule has 0 amide bonds. The van der Waals surface area contributed by atoms with Crippen LogP contribution in [0.3, 0.4) is 0 Å². The standard InChI is InChI=1S/C53H88N2O11S/c1-34(2)36-14-20-53(54-23-17-40(55-24-30-67(60,61)31-25-55)35(3)65-44(56)33-64-29-28-63-27-26-62-11)22-21-51(9)37(45(36)53)12-13-42-50(8)18-16-43(49(6,7)41(50)15-19-52(42,51)10)66-47(59)39-32-38(46(57)58)48(39,4)5/h35-43,45,54H,1,12-33H2,2-11H3,(H,57,58)/t35?,36-,37+,38-,39+,40?,41-,42+,43-,45+,50-,51+,52+,53-/m0/s1. The van der Waals surface area contributed by atoms with Gasteiger partial charge in [0, 0.05) is 37.2 Å². The fourth-order valence-corrected chi connectivity index (χ4v) is 17.9. The number of hydrogen-bond acceptors (Lipinski definition) is 12. The van der Waals surface area contributed by atoms with E-state index in [2.05, 4.69) is 58.3 Å². The molecule has 1 aliphatic heterocycles. The molecule has 0 aromatic rings. The average Bonchev–Trinajstić information content (AvgIpc) is 3.63. The fraction of sp³-hybridized carbons (Fsp3) is 0.906. The van der Waals surface area contributed by atoms with Crippen molar-refractivity contribution >= 4 is 27.7 Å². The molecule has 6 saturated carbocycles. The van der Waals surface area contributed by atoms with E-state index in [1.54, 1.807) is 7.11 Å². The number of carbonyl (C=O) groups excluding carboxylic acids is 2. The number of methoxy groups -OCH3 is 1. The van der Waals surface area contributed by atoms with Gasteiger partial charge in [-0.25, -0.2) is 13.2 Å². The lowest BCUT2D eigenvalue weighted by atomic mass is 9.32. The van der Waals surface area contributed by atoms with Gasteiger partial charge in [-0.1, -0.05) is 60.6 Å². The highest BCUT2D eigenvalue weighted by molar-refractivity contribution is 7.91. The number of esters is 2. The second kappa shape index (κ2) is 19.8. The summed E-state index contributed by atoms with van der Waals surface area (Å²) in [6.07, 6.45) is 11.5. The summed E-state index contributed by atoms with van der Waals surface area (Å²) in [4.78, 5) is 40.8. The molecule has 382 valence electrons. The third-order valence-corrected chi connectivity index (χ3v) is 22.4. The average molecular weight is 961 g/mol. The molecule has 0 aromatic carbocycles. The molecule has 1 heterocycles. The molecule has 67 heavy (non-hydrogen) atoms. The van der Waals surface area contributed by atoms with Gasteiger partial charge in [-0.2, -0.15) is 0 Å². The Morgan fingerprint density at radius 2 is 1.49 bits per heavy atom. The van der Waals surface area contributed by atoms with E-state index in [1.165, 1.54) is 18.4 Å². The Morgan fingerprint density at radius 1 is 0.806 bits per heavy atom. The van der Waals surface area contributed by atoms with Crippen molar-refractivity contribution < 1.29 is 51.6 Å². The zero-order valence-corrected chi connectivity index (χ0v) is 43.7. The number of nitrogens with zero attached hydrogens (tertiary/aromatic N) is 1. The predicted octanol–water partition coefficient (Wildman–Crippen LogP) is 7.75. The molecule has 13 nitrogen and oxygen atoms in total. The first-order chi connectivity index (χ1) is 31.4. The third-order valence-electron chi connectivity index (χ3n) is 20.8. The van der Waals surface area contributed by atoms with Gasteiger partial charge in [0.2, 0.25) is 0 Å². The fourth-order valence-electron chi connectivity index (χ4n) is 16.7. The van der Waals surface area contributed by atoms with E-state index < -0.39 is 39.2 Å². The van der Waals surface area contributed by atoms with Crippen LogP contribution in [0.15, 0.2) is 12.2 Å². The minimum absolute atomic E-state index is 0.0314. The maximum atomic E-state index is 13.7. The Hall–Kier alpha value is -2.10. The van der Waals surface area contributed by atoms with E-state index in [4.69, 9.17) is 23.7 Å². The predicted molar refractivity (Wildman–Crippen MR) is 258 cm³/mol. The molecule has 2 N–H and O–H groups in total. The monoisotopic (exact) mass is 961 g/mol. The number of sulfone groups is 1. The Morgan fingerprint density at radius 3 is 2.15 bits per heavy atom. The van der Waals surface area contributed by atoms with E-state index in [0.717, 1.165) is 64.3 Å². The summed E-state index contributed by atoms with van der Waals surface area (Å²) in [6, 6.07) is -0.145. The molecule has 7 aliphatic rings. The number of fused-ring (bicyclic) bond motifs is 7. The number of carboxylic acid groups (broad SMARTS) is 1. The number of ether oxygens (including phenoxy) is 5. The van der Waals surface area contributed by atoms with Crippen LogP contribution in [0, 0.1) is 68.5 Å². The zero-order chi connectivity index (χ0) is 49.0. The van der Waals surface area contributed by atoms with Crippen LogP contribution in [-0.2, 0) is 47.9 Å². The molecular formula is C53H88N2O11S. The van der Waals surface area contributed by atoms with Crippen LogP contribution in [-0.4, -0.2) is 131 Å². The van der Waals surface area contributed by atoms with Gasteiger partial charge in [0.05, 0.1) is 49.8 Å². The number of rotatable bonds is 19. The topological polar surface area (TPSA) is 167 Å². The lowest BCUT2D eigenvalue weighted by molar-refractivity contribution is -0.248. The number of nitrogens with one attached hydrogen (secondary N) is 1. The van der Waals surface area contributed by atoms with Crippen molar-refractivity contribution in [3.8, 4) is 0 Å². The first-order valence-corrected chi connectivity index (χ1v) is 27.8. The van der Waals surface area contributed by atoms with Crippen molar-refractivity contribution in [2.24, 2.45) is 68.5 Å². The van der Waals surface area contributed by atoms with Gasteiger partial charge in [-0.3, -0.25) is 14.5 Å². The van der Waals surface area contributed by atoms with E-state index in [9.17, 15) is 27.9 Å². The molecule has 7 rings (SSSR count). The number of hydrogen-bond donors (Lipinski definition) is 2. The van der Waals surface area contributed by atoms with Crippen molar-refractivity contribution in [2.75, 3.05) is 71.3 Å². The molecule has 0 aromatic heterocycles. The Labute approximate surface area is 403 Å². The Balaban J connectivity index is 1.04. The summed E-state index contributed by atoms with van der Waals surface area (Å²) < 4.78 is 53.5. The molecule has 1 saturated heterocycles. The van der Waals surface area contributed by atoms with Crippen LogP contribution < -0.4 is 5.32 Å². The van der Waals surface area contributed by atoms with Crippen LogP contribution in [0.2, 0.25) is 0 Å². The summed E-state index contributed by atoms with van der Waals surface area (Å²) >= 11 is 0. The van der Waals surface area contributed by atoms with Crippen LogP contribution in [0.5, 0.6) is 0 Å². The van der Waals surface area contributed by atoms with E-state index >= 15 is 0 Å². The molecule has 6 aliphatic carbocycles. The second-order valence-electron chi connectivity index (χ2n) is 24.5. The van der Waals surface area contributed by atoms with Gasteiger partial charge in [-0.05, 0) is 149 Å². The van der Waals surface area contributed by atoms with Crippen molar-refractivity contribution in [1.29, 1.82) is 0 Å². The van der Waals surface area contributed by atoms with Gasteiger partial charge >= 0.3 is 17.9 Å². The van der Waals surface area contributed by atoms with Crippen molar-refractivity contribution in [2.45, 2.75) is 163 Å². The zero-order valence-electron chi connectivity index (χ0n) is 42.9. The summed E-state index contributed by atoms with van der Waals surface area (Å²) in [5.41, 5.74) is 0.851. The summed E-state index contributed by atoms with van der Waals surface area (Å²) in [5, 5.41) is 14.0. The molecule has 14 heteroatoms. The lowest BCUT2D eigenvalue weighted by Gasteiger charge is -2.73. The molecule has 0 spiro atoms. The number of carboxylic acids is 1. The van der Waals surface area contributed by atoms with Crippen molar-refractivity contribution in [1.82, 2.24) is 10.2 Å². The molecule has 0 bridgehead atoms. The molecule has 2 unspecified atom stereocenters. The Bertz CT molecular complexity index is 1930. The van der Waals surface area contributed by atoms with Crippen LogP contribution in [0.4, 0.5) is 0 Å². The molecular weight excluding hydrogens is 873 g/mol. The highest BCUT2D eigenvalue weighted by atomic mass is 32.2. The summed E-state index contributed by atoms with van der Waals surface area (Å²) in [6.45, 7) is 28.2. The molecule has 0 radical (unpaired) electrons. The normalized spacial score (nSPS) is 40.4. The van der Waals surface area contributed by atoms with Gasteiger partial charge in [-0.15, -0.1) is 0 Å². The first-order valence-electron chi connectivity index (χ1n) is 26.0. The van der Waals surface area contributed by atoms with Gasteiger partial charge < -0.3 is 34.1 Å². The summed E-state index contributed by atoms with van der Waals surface area (Å²) in [7, 11) is -1.48. The second-order valence-corrected chi connectivity index (χ2v) is 26.8. The van der Waals surface area contributed by atoms with Gasteiger partial charge in [0.15, 0.2) is 9.84 Å². The summed E-state index contributed by atoms with van der Waals surface area (Å²) in [5.74, 6) is 0.249. The van der Waals surface area contributed by atoms with Gasteiger partial charge in [0.25, 0.3) is 0 Å². The SMILES string of the molecule is C=C(C)[C@@H]1CC[C@]2(NCCC(C(C)OC(=O)COCCOCCOC)N3CCS(=O)(=O)CC3)CC[C@]3(C)[C@H](CC[C@@H]4[C@@]5(C)CC[C@H](OC(=O)[C@H]6C[C@@H](C(=O)O)C6(C)C)C(C)(C)[C@@H]5CC[C@]43C)[C@@H]12. The van der Waals surface area contributed by atoms with Crippen molar-refractivity contribution in [3.05, 3.63) is 12.2 Å². The number of aliphatic carboxylic acids is 1. The van der Waals surface area contributed by atoms with Crippen LogP contribution in [0.1, 0.15) is 139 Å². The van der Waals surface area contributed by atoms with E-state index in [1.807, 2.05) is 20.8 Å². The van der Waals surface area contributed by atoms with E-state index in [0.29, 0.717) is 68.9 Å². The third kappa shape index (κ3) is 9.70. The highest BCUT2D eigenvalue weighted by Crippen LogP contribution is 2.76. The van der Waals surface area contributed by atoms with Crippen molar-refractivity contribution in [3.63, 3.8) is 0 Å². The Kier molecular flexibility index (Phi) is 15.6. The lowest BCUT2D eigenvalue weighted by Crippen LogP contribution is -2.69. The first kappa shape index (κ1) is 52.7. The maximum Gasteiger partial charge on any atom is 0.332 e. The largest absolute Gasteiger partial charge is 0.481 e. The maximum absolute atomic E-state index is 13.7. The number of allylic oxidation sites excluding steroid dienone is 1. The van der Waals surface area contributed by atoms with Crippen LogP contribution >= 0.6 is 0 Å². The van der Waals surface area contributed by atoms with E-state index in [-0.39, 0.29) is 76.0 Å².